The Morgan fingerprint density at radius 1 is 0.756 bits per heavy atom. The van der Waals surface area contributed by atoms with Crippen LogP contribution >= 0.6 is 11.6 Å². The second kappa shape index (κ2) is 19.4. The highest BCUT2D eigenvalue weighted by Crippen LogP contribution is 2.44. The van der Waals surface area contributed by atoms with Crippen molar-refractivity contribution >= 4 is 23.6 Å². The van der Waals surface area contributed by atoms with Gasteiger partial charge in [0.25, 0.3) is 0 Å². The first-order valence-electron chi connectivity index (χ1n) is 14.4. The van der Waals surface area contributed by atoms with Crippen molar-refractivity contribution < 1.29 is 33.6 Å². The van der Waals surface area contributed by atoms with Crippen LogP contribution in [0, 0.1) is 0 Å². The summed E-state index contributed by atoms with van der Waals surface area (Å²) in [6.45, 7) is 3.85. The number of hydrogen-bond acceptors (Lipinski definition) is 6. The molecule has 9 nitrogen and oxygen atoms in total. The largest absolute Gasteiger partial charge is 0.465 e. The van der Waals surface area contributed by atoms with Gasteiger partial charge in [0.1, 0.15) is 6.61 Å². The Bertz CT molecular complexity index is 1010. The lowest BCUT2D eigenvalue weighted by Gasteiger charge is -2.24. The number of amides is 2. The maximum atomic E-state index is 12.0. The van der Waals surface area contributed by atoms with Gasteiger partial charge in [-0.2, -0.15) is 0 Å². The van der Waals surface area contributed by atoms with Gasteiger partial charge in [-0.25, -0.2) is 4.79 Å². The van der Waals surface area contributed by atoms with E-state index in [1.807, 2.05) is 24.3 Å². The summed E-state index contributed by atoms with van der Waals surface area (Å²) in [6.07, 6.45) is 3.37. The van der Waals surface area contributed by atoms with Crippen LogP contribution in [0.3, 0.4) is 0 Å². The van der Waals surface area contributed by atoms with E-state index in [0.717, 1.165) is 54.5 Å². The van der Waals surface area contributed by atoms with Crippen LogP contribution < -0.4 is 5.32 Å². The molecule has 0 spiro atoms. The van der Waals surface area contributed by atoms with Gasteiger partial charge in [-0.1, -0.05) is 61.4 Å². The number of alkyl halides is 1. The molecule has 2 aromatic rings. The number of hydrogen-bond donors (Lipinski definition) is 2. The standard InChI is InChI=1S/C31H43ClN2O7/c32-13-7-1-2-8-16-38-19-20-39-17-14-33-30(35)24-41-22-21-40-18-15-34(31(36)37)23-29-27-11-5-3-9-25(27)26-10-4-6-12-28(26)29/h3-6,9-12,29H,1-2,7-8,13-24H2,(H,33,35)(H,36,37). The van der Waals surface area contributed by atoms with Gasteiger partial charge in [-0.15, -0.1) is 11.6 Å². The first kappa shape index (κ1) is 32.8. The zero-order valence-electron chi connectivity index (χ0n) is 23.7. The SMILES string of the molecule is O=C(COCCOCCN(CC1c2ccccc2-c2ccccc21)C(=O)O)NCCOCCOCCCCCCCl. The molecule has 0 bridgehead atoms. The summed E-state index contributed by atoms with van der Waals surface area (Å²) in [5.74, 6) is 0.478. The molecule has 0 saturated carbocycles. The Morgan fingerprint density at radius 2 is 1.34 bits per heavy atom. The fourth-order valence-electron chi connectivity index (χ4n) is 4.79. The molecule has 226 valence electrons. The van der Waals surface area contributed by atoms with Gasteiger partial charge in [0, 0.05) is 38.0 Å². The average Bonchev–Trinajstić information content (AvgIpc) is 3.30. The lowest BCUT2D eigenvalue weighted by atomic mass is 9.96. The van der Waals surface area contributed by atoms with Crippen molar-refractivity contribution in [1.29, 1.82) is 0 Å². The van der Waals surface area contributed by atoms with Gasteiger partial charge in [0.05, 0.1) is 39.6 Å². The first-order valence-corrected chi connectivity index (χ1v) is 14.9. The van der Waals surface area contributed by atoms with Gasteiger partial charge in [-0.3, -0.25) is 4.79 Å². The number of ether oxygens (including phenoxy) is 4. The van der Waals surface area contributed by atoms with Crippen LogP contribution in [0.15, 0.2) is 48.5 Å². The van der Waals surface area contributed by atoms with E-state index in [0.29, 0.717) is 38.8 Å². The van der Waals surface area contributed by atoms with Gasteiger partial charge >= 0.3 is 6.09 Å². The molecule has 10 heteroatoms. The number of benzene rings is 2. The Balaban J connectivity index is 1.20. The van der Waals surface area contributed by atoms with Crippen molar-refractivity contribution in [3.05, 3.63) is 59.7 Å². The molecule has 2 N–H and O–H groups in total. The quantitative estimate of drug-likeness (QED) is 0.150. The van der Waals surface area contributed by atoms with Crippen molar-refractivity contribution in [3.8, 4) is 11.1 Å². The van der Waals surface area contributed by atoms with E-state index >= 15 is 0 Å². The molecule has 0 fully saturated rings. The molecule has 0 aromatic heterocycles. The van der Waals surface area contributed by atoms with Crippen molar-refractivity contribution in [3.63, 3.8) is 0 Å². The van der Waals surface area contributed by atoms with Crippen LogP contribution in [0.2, 0.25) is 0 Å². The molecule has 0 unspecified atom stereocenters. The Morgan fingerprint density at radius 3 is 2.00 bits per heavy atom. The fraction of sp³-hybridized carbons (Fsp3) is 0.548. The minimum absolute atomic E-state index is 0.0134. The van der Waals surface area contributed by atoms with Gasteiger partial charge in [0.15, 0.2) is 0 Å². The summed E-state index contributed by atoms with van der Waals surface area (Å²) in [7, 11) is 0. The number of nitrogens with one attached hydrogen (secondary N) is 1. The number of carbonyl (C=O) groups is 2. The minimum Gasteiger partial charge on any atom is -0.465 e. The lowest BCUT2D eigenvalue weighted by molar-refractivity contribution is -0.126. The Kier molecular flexibility index (Phi) is 15.6. The van der Waals surface area contributed by atoms with E-state index in [1.165, 1.54) is 4.90 Å². The zero-order chi connectivity index (χ0) is 29.1. The van der Waals surface area contributed by atoms with E-state index in [-0.39, 0.29) is 44.8 Å². The molecule has 0 heterocycles. The highest BCUT2D eigenvalue weighted by molar-refractivity contribution is 6.17. The molecule has 3 rings (SSSR count). The molecular weight excluding hydrogens is 548 g/mol. The number of carboxylic acid groups (broad SMARTS) is 1. The maximum Gasteiger partial charge on any atom is 0.407 e. The van der Waals surface area contributed by atoms with Gasteiger partial charge in [0.2, 0.25) is 5.91 Å². The van der Waals surface area contributed by atoms with Crippen LogP contribution in [0.4, 0.5) is 4.79 Å². The monoisotopic (exact) mass is 590 g/mol. The summed E-state index contributed by atoms with van der Waals surface area (Å²) in [6, 6.07) is 16.3. The molecule has 1 aliphatic carbocycles. The molecular formula is C31H43ClN2O7. The lowest BCUT2D eigenvalue weighted by Crippen LogP contribution is -2.36. The van der Waals surface area contributed by atoms with E-state index in [2.05, 4.69) is 29.6 Å². The van der Waals surface area contributed by atoms with Crippen LogP contribution in [-0.4, -0.2) is 100 Å². The minimum atomic E-state index is -0.978. The maximum absolute atomic E-state index is 12.0. The van der Waals surface area contributed by atoms with E-state index in [9.17, 15) is 14.7 Å². The molecule has 41 heavy (non-hydrogen) atoms. The summed E-state index contributed by atoms with van der Waals surface area (Å²) in [5.41, 5.74) is 4.61. The van der Waals surface area contributed by atoms with Crippen LogP contribution in [0.25, 0.3) is 11.1 Å². The molecule has 2 amide bonds. The molecule has 0 atom stereocenters. The first-order chi connectivity index (χ1) is 20.1. The summed E-state index contributed by atoms with van der Waals surface area (Å²) in [5, 5.41) is 12.5. The van der Waals surface area contributed by atoms with Crippen molar-refractivity contribution in [2.75, 3.05) is 78.4 Å². The van der Waals surface area contributed by atoms with Crippen LogP contribution in [0.5, 0.6) is 0 Å². The number of fused-ring (bicyclic) bond motifs is 3. The van der Waals surface area contributed by atoms with E-state index < -0.39 is 6.09 Å². The smallest absolute Gasteiger partial charge is 0.407 e. The van der Waals surface area contributed by atoms with Crippen molar-refractivity contribution in [1.82, 2.24) is 10.2 Å². The summed E-state index contributed by atoms with van der Waals surface area (Å²) >= 11 is 5.65. The summed E-state index contributed by atoms with van der Waals surface area (Å²) < 4.78 is 21.9. The topological polar surface area (TPSA) is 107 Å². The number of rotatable bonds is 22. The predicted molar refractivity (Wildman–Crippen MR) is 159 cm³/mol. The number of unbranched alkanes of at least 4 members (excludes halogenated alkanes) is 3. The van der Waals surface area contributed by atoms with Crippen LogP contribution in [-0.2, 0) is 23.7 Å². The molecule has 1 aliphatic rings. The van der Waals surface area contributed by atoms with E-state index in [4.69, 9.17) is 30.5 Å². The highest BCUT2D eigenvalue weighted by atomic mass is 35.5. The third kappa shape index (κ3) is 11.6. The highest BCUT2D eigenvalue weighted by Gasteiger charge is 2.30. The van der Waals surface area contributed by atoms with E-state index in [1.54, 1.807) is 0 Å². The summed E-state index contributed by atoms with van der Waals surface area (Å²) in [4.78, 5) is 25.2. The van der Waals surface area contributed by atoms with Gasteiger partial charge < -0.3 is 34.3 Å². The zero-order valence-corrected chi connectivity index (χ0v) is 24.5. The normalized spacial score (nSPS) is 12.2. The third-order valence-electron chi connectivity index (χ3n) is 6.86. The number of halogens is 1. The molecule has 0 radical (unpaired) electrons. The Labute approximate surface area is 248 Å². The Hall–Kier alpha value is -2.69. The van der Waals surface area contributed by atoms with Crippen LogP contribution in [0.1, 0.15) is 42.7 Å². The average molecular weight is 591 g/mol. The predicted octanol–water partition coefficient (Wildman–Crippen LogP) is 4.76. The molecule has 2 aromatic carbocycles. The number of carbonyl (C=O) groups excluding carboxylic acids is 1. The second-order valence-corrected chi connectivity index (χ2v) is 10.2. The molecule has 0 aliphatic heterocycles. The second-order valence-electron chi connectivity index (χ2n) is 9.80. The van der Waals surface area contributed by atoms with Crippen molar-refractivity contribution in [2.45, 2.75) is 31.6 Å². The fourth-order valence-corrected chi connectivity index (χ4v) is 4.98. The number of nitrogens with zero attached hydrogens (tertiary/aromatic N) is 1. The van der Waals surface area contributed by atoms with Crippen molar-refractivity contribution in [2.24, 2.45) is 0 Å². The molecule has 0 saturated heterocycles. The van der Waals surface area contributed by atoms with Gasteiger partial charge in [-0.05, 0) is 35.1 Å². The third-order valence-corrected chi connectivity index (χ3v) is 7.13.